The van der Waals surface area contributed by atoms with E-state index in [0.29, 0.717) is 15.6 Å². The van der Waals surface area contributed by atoms with Gasteiger partial charge in [-0.05, 0) is 57.5 Å². The molecule has 0 spiro atoms. The van der Waals surface area contributed by atoms with Crippen molar-refractivity contribution < 1.29 is 32.3 Å². The van der Waals surface area contributed by atoms with Crippen LogP contribution in [0.25, 0.3) is 0 Å². The van der Waals surface area contributed by atoms with Crippen LogP contribution >= 0.6 is 11.8 Å². The van der Waals surface area contributed by atoms with E-state index in [1.54, 1.807) is 40.1 Å². The van der Waals surface area contributed by atoms with Crippen molar-refractivity contribution in [3.05, 3.63) is 54.4 Å². The molecule has 0 bridgehead atoms. The van der Waals surface area contributed by atoms with Crippen molar-refractivity contribution in [2.45, 2.75) is 62.1 Å². The van der Waals surface area contributed by atoms with Crippen molar-refractivity contribution in [1.29, 1.82) is 0 Å². The second-order valence-corrected chi connectivity index (χ2v) is 13.1. The number of hydrogen-bond donors (Lipinski definition) is 1. The summed E-state index contributed by atoms with van der Waals surface area (Å²) in [4.78, 5) is 44.1. The summed E-state index contributed by atoms with van der Waals surface area (Å²) in [6.45, 7) is 7.10. The molecule has 1 aliphatic heterocycles. The number of rotatable bonds is 9. The fourth-order valence-electron chi connectivity index (χ4n) is 3.72. The zero-order chi connectivity index (χ0) is 29.0. The molecule has 39 heavy (non-hydrogen) atoms. The molecule has 11 nitrogen and oxygen atoms in total. The average Bonchev–Trinajstić information content (AvgIpc) is 3.24. The molecule has 13 heteroatoms. The topological polar surface area (TPSA) is 135 Å². The second-order valence-electron chi connectivity index (χ2n) is 10.2. The number of thioether (sulfide) groups is 1. The van der Waals surface area contributed by atoms with Crippen LogP contribution in [0.4, 0.5) is 4.79 Å². The molecule has 0 unspecified atom stereocenters. The van der Waals surface area contributed by atoms with Crippen LogP contribution in [0.5, 0.6) is 5.75 Å². The highest BCUT2D eigenvalue weighted by atomic mass is 32.2. The Kier molecular flexibility index (Phi) is 9.62. The highest BCUT2D eigenvalue weighted by molar-refractivity contribution is 8.01. The van der Waals surface area contributed by atoms with Gasteiger partial charge >= 0.3 is 12.1 Å². The van der Waals surface area contributed by atoms with Gasteiger partial charge in [0.1, 0.15) is 17.2 Å². The van der Waals surface area contributed by atoms with E-state index in [9.17, 15) is 22.8 Å². The summed E-state index contributed by atoms with van der Waals surface area (Å²) in [6, 6.07) is 7.30. The Hall–Kier alpha value is -3.16. The first kappa shape index (κ1) is 30.4. The number of hydrogen-bond acceptors (Lipinski definition) is 10. The van der Waals surface area contributed by atoms with E-state index < -0.39 is 51.1 Å². The summed E-state index contributed by atoms with van der Waals surface area (Å²) in [5.41, 5.74) is 0.116. The highest BCUT2D eigenvalue weighted by Crippen LogP contribution is 2.31. The van der Waals surface area contributed by atoms with Crippen LogP contribution in [0.2, 0.25) is 0 Å². The van der Waals surface area contributed by atoms with Gasteiger partial charge in [-0.15, -0.1) is 11.8 Å². The van der Waals surface area contributed by atoms with Crippen molar-refractivity contribution in [1.82, 2.24) is 19.5 Å². The van der Waals surface area contributed by atoms with E-state index in [1.165, 1.54) is 53.3 Å². The molecule has 0 saturated carbocycles. The molecule has 2 amide bonds. The Bertz CT molecular complexity index is 1280. The summed E-state index contributed by atoms with van der Waals surface area (Å²) >= 11 is 1.27. The summed E-state index contributed by atoms with van der Waals surface area (Å²) < 4.78 is 39.2. The standard InChI is InChI=1S/C26H34N4O7S2/c1-17(2)36-24(32)21(15-18-7-9-19(10-8-18)37-25(33)29(5)6)30(23(31)22-28-26(3,4)16-38-22)39(34,35)20-11-13-27-14-12-20/h7-14,17,21-22,28H,15-16H2,1-6H3/t21-,22-/m0/s1. The van der Waals surface area contributed by atoms with Crippen molar-refractivity contribution in [3.8, 4) is 5.75 Å². The van der Waals surface area contributed by atoms with E-state index in [2.05, 4.69) is 10.3 Å². The monoisotopic (exact) mass is 578 g/mol. The summed E-state index contributed by atoms with van der Waals surface area (Å²) in [5, 5.41) is 2.27. The summed E-state index contributed by atoms with van der Waals surface area (Å²) in [7, 11) is -1.39. The van der Waals surface area contributed by atoms with Gasteiger partial charge in [-0.2, -0.15) is 0 Å². The van der Waals surface area contributed by atoms with E-state index in [1.807, 2.05) is 13.8 Å². The minimum absolute atomic E-state index is 0.162. The SMILES string of the molecule is CC(C)OC(=O)[C@H](Cc1ccc(OC(=O)N(C)C)cc1)N(C(=O)[C@H]1NC(C)(C)CS1)S(=O)(=O)c1ccncc1. The molecule has 2 atom stereocenters. The molecule has 3 rings (SSSR count). The number of benzene rings is 1. The van der Waals surface area contributed by atoms with Gasteiger partial charge in [0, 0.05) is 44.2 Å². The largest absolute Gasteiger partial charge is 0.461 e. The molecule has 0 radical (unpaired) electrons. The number of pyridine rings is 1. The molecule has 0 aliphatic carbocycles. The molecular weight excluding hydrogens is 544 g/mol. The predicted molar refractivity (Wildman–Crippen MR) is 147 cm³/mol. The number of carbonyl (C=O) groups is 3. The first-order valence-corrected chi connectivity index (χ1v) is 14.8. The number of esters is 1. The minimum Gasteiger partial charge on any atom is -0.461 e. The van der Waals surface area contributed by atoms with Crippen LogP contribution in [-0.4, -0.2) is 83.5 Å². The van der Waals surface area contributed by atoms with Crippen LogP contribution in [0.3, 0.4) is 0 Å². The number of ether oxygens (including phenoxy) is 2. The van der Waals surface area contributed by atoms with Gasteiger partial charge in [0.05, 0.1) is 11.0 Å². The fourth-order valence-corrected chi connectivity index (χ4v) is 6.65. The van der Waals surface area contributed by atoms with Crippen molar-refractivity contribution in [2.75, 3.05) is 19.8 Å². The zero-order valence-electron chi connectivity index (χ0n) is 22.8. The van der Waals surface area contributed by atoms with Crippen LogP contribution in [0, 0.1) is 0 Å². The predicted octanol–water partition coefficient (Wildman–Crippen LogP) is 2.66. The quantitative estimate of drug-likeness (QED) is 0.443. The Morgan fingerprint density at radius 3 is 2.23 bits per heavy atom. The Balaban J connectivity index is 2.04. The molecule has 1 fully saturated rings. The maximum Gasteiger partial charge on any atom is 0.414 e. The maximum absolute atomic E-state index is 13.9. The van der Waals surface area contributed by atoms with Crippen molar-refractivity contribution in [3.63, 3.8) is 0 Å². The van der Waals surface area contributed by atoms with Crippen LogP contribution in [0.15, 0.2) is 53.7 Å². The molecule has 1 aromatic heterocycles. The van der Waals surface area contributed by atoms with E-state index in [-0.39, 0.29) is 17.1 Å². The lowest BCUT2D eigenvalue weighted by Gasteiger charge is -2.32. The molecule has 2 aromatic rings. The molecular formula is C26H34N4O7S2. The van der Waals surface area contributed by atoms with Gasteiger partial charge < -0.3 is 14.4 Å². The average molecular weight is 579 g/mol. The fraction of sp³-hybridized carbons (Fsp3) is 0.462. The van der Waals surface area contributed by atoms with Gasteiger partial charge in [-0.3, -0.25) is 15.1 Å². The first-order chi connectivity index (χ1) is 18.2. The van der Waals surface area contributed by atoms with Gasteiger partial charge in [0.2, 0.25) is 0 Å². The number of amides is 2. The molecule has 2 heterocycles. The van der Waals surface area contributed by atoms with E-state index >= 15 is 0 Å². The third-order valence-corrected chi connectivity index (χ3v) is 8.97. The first-order valence-electron chi connectivity index (χ1n) is 12.3. The number of carbonyl (C=O) groups excluding carboxylic acids is 3. The number of nitrogens with one attached hydrogen (secondary N) is 1. The third kappa shape index (κ3) is 7.70. The summed E-state index contributed by atoms with van der Waals surface area (Å²) in [5.74, 6) is -0.795. The number of aromatic nitrogens is 1. The van der Waals surface area contributed by atoms with Crippen LogP contribution < -0.4 is 10.1 Å². The van der Waals surface area contributed by atoms with Gasteiger partial charge in [0.15, 0.2) is 0 Å². The lowest BCUT2D eigenvalue weighted by atomic mass is 10.1. The molecule has 1 N–H and O–H groups in total. The Labute approximate surface area is 233 Å². The third-order valence-electron chi connectivity index (χ3n) is 5.61. The number of nitrogens with zero attached hydrogens (tertiary/aromatic N) is 3. The Morgan fingerprint density at radius 2 is 1.72 bits per heavy atom. The second kappa shape index (κ2) is 12.3. The van der Waals surface area contributed by atoms with E-state index in [0.717, 1.165) is 0 Å². The maximum atomic E-state index is 13.9. The molecule has 212 valence electrons. The zero-order valence-corrected chi connectivity index (χ0v) is 24.4. The normalized spacial score (nSPS) is 17.4. The molecule has 1 saturated heterocycles. The van der Waals surface area contributed by atoms with E-state index in [4.69, 9.17) is 9.47 Å². The number of sulfonamides is 1. The van der Waals surface area contributed by atoms with Crippen LogP contribution in [0.1, 0.15) is 33.3 Å². The van der Waals surface area contributed by atoms with Gasteiger partial charge in [-0.1, -0.05) is 12.1 Å². The summed E-state index contributed by atoms with van der Waals surface area (Å²) in [6.07, 6.45) is 1.33. The molecule has 1 aliphatic rings. The lowest BCUT2D eigenvalue weighted by Crippen LogP contribution is -2.56. The smallest absolute Gasteiger partial charge is 0.414 e. The Morgan fingerprint density at radius 1 is 1.10 bits per heavy atom. The highest BCUT2D eigenvalue weighted by Gasteiger charge is 2.46. The van der Waals surface area contributed by atoms with Crippen LogP contribution in [-0.2, 0) is 30.8 Å². The lowest BCUT2D eigenvalue weighted by molar-refractivity contribution is -0.155. The van der Waals surface area contributed by atoms with Crippen molar-refractivity contribution in [2.24, 2.45) is 0 Å². The minimum atomic E-state index is -4.49. The molecule has 1 aromatic carbocycles. The van der Waals surface area contributed by atoms with Crippen molar-refractivity contribution >= 4 is 39.8 Å². The van der Waals surface area contributed by atoms with Gasteiger partial charge in [0.25, 0.3) is 15.9 Å². The van der Waals surface area contributed by atoms with Gasteiger partial charge in [-0.25, -0.2) is 22.3 Å².